The Morgan fingerprint density at radius 2 is 2.07 bits per heavy atom. The van der Waals surface area contributed by atoms with Gasteiger partial charge in [0.15, 0.2) is 0 Å². The second kappa shape index (κ2) is 3.63. The van der Waals surface area contributed by atoms with E-state index in [0.29, 0.717) is 15.1 Å². The molecular weight excluding hydrogens is 232 g/mol. The van der Waals surface area contributed by atoms with E-state index < -0.39 is 11.8 Å². The highest BCUT2D eigenvalue weighted by Crippen LogP contribution is 2.23. The Balaban J connectivity index is 2.61. The zero-order chi connectivity index (χ0) is 11.0. The number of amides is 2. The van der Waals surface area contributed by atoms with Crippen molar-refractivity contribution < 1.29 is 9.59 Å². The van der Waals surface area contributed by atoms with Crippen LogP contribution >= 0.6 is 24.8 Å². The van der Waals surface area contributed by atoms with Crippen molar-refractivity contribution in [1.29, 1.82) is 0 Å². The molecule has 2 heterocycles. The van der Waals surface area contributed by atoms with Crippen molar-refractivity contribution in [3.63, 3.8) is 0 Å². The summed E-state index contributed by atoms with van der Waals surface area (Å²) in [6, 6.07) is 1.66. The summed E-state index contributed by atoms with van der Waals surface area (Å²) in [4.78, 5) is 25.7. The Morgan fingerprint density at radius 1 is 1.33 bits per heavy atom. The Hall–Kier alpha value is -1.40. The molecule has 2 N–H and O–H groups in total. The van der Waals surface area contributed by atoms with Crippen molar-refractivity contribution in [2.45, 2.75) is 4.90 Å². The fourth-order valence-electron chi connectivity index (χ4n) is 1.27. The van der Waals surface area contributed by atoms with Crippen LogP contribution in [-0.4, -0.2) is 16.8 Å². The highest BCUT2D eigenvalue weighted by atomic mass is 32.1. The Kier molecular flexibility index (Phi) is 2.45. The number of imide groups is 1. The van der Waals surface area contributed by atoms with Gasteiger partial charge in [0.2, 0.25) is 0 Å². The van der Waals surface area contributed by atoms with Crippen molar-refractivity contribution >= 4 is 42.2 Å². The molecule has 0 aliphatic carbocycles. The molecule has 0 saturated heterocycles. The summed E-state index contributed by atoms with van der Waals surface area (Å²) >= 11 is 9.19. The number of pyridine rings is 1. The third-order valence-corrected chi connectivity index (χ3v) is 2.91. The Morgan fingerprint density at radius 3 is 2.67 bits per heavy atom. The van der Waals surface area contributed by atoms with Crippen LogP contribution in [0.3, 0.4) is 0 Å². The van der Waals surface area contributed by atoms with Gasteiger partial charge in [0.05, 0.1) is 15.8 Å². The summed E-state index contributed by atoms with van der Waals surface area (Å²) in [5, 5.41) is 2.15. The van der Waals surface area contributed by atoms with Crippen LogP contribution in [-0.2, 0) is 9.59 Å². The van der Waals surface area contributed by atoms with Crippen molar-refractivity contribution in [3.05, 3.63) is 28.5 Å². The second-order valence-electron chi connectivity index (χ2n) is 2.94. The number of carbonyl (C=O) groups excluding carboxylic acids is 2. The summed E-state index contributed by atoms with van der Waals surface area (Å²) in [6.07, 6.45) is 2.83. The largest absolute Gasteiger partial charge is 0.360 e. The van der Waals surface area contributed by atoms with Gasteiger partial charge < -0.3 is 4.98 Å². The van der Waals surface area contributed by atoms with Crippen LogP contribution < -0.4 is 5.32 Å². The van der Waals surface area contributed by atoms with E-state index in [9.17, 15) is 9.59 Å². The van der Waals surface area contributed by atoms with Crippen molar-refractivity contribution in [1.82, 2.24) is 10.3 Å². The highest BCUT2D eigenvalue weighted by Gasteiger charge is 2.24. The minimum absolute atomic E-state index is 0.261. The van der Waals surface area contributed by atoms with E-state index in [1.807, 2.05) is 0 Å². The van der Waals surface area contributed by atoms with Crippen LogP contribution in [0, 0.1) is 4.51 Å². The third-order valence-electron chi connectivity index (χ3n) is 1.96. The fraction of sp³-hybridized carbons (Fsp3) is 0. The second-order valence-corrected chi connectivity index (χ2v) is 3.83. The molecule has 1 aromatic heterocycles. The summed E-state index contributed by atoms with van der Waals surface area (Å²) in [7, 11) is 0. The Labute approximate surface area is 95.8 Å². The smallest absolute Gasteiger partial charge is 0.260 e. The van der Waals surface area contributed by atoms with E-state index in [2.05, 4.69) is 22.9 Å². The number of hydrogen-bond donors (Lipinski definition) is 3. The van der Waals surface area contributed by atoms with Crippen LogP contribution in [0.1, 0.15) is 5.69 Å². The van der Waals surface area contributed by atoms with Gasteiger partial charge in [-0.05, 0) is 6.07 Å². The van der Waals surface area contributed by atoms with Gasteiger partial charge in [-0.15, -0.1) is 12.6 Å². The maximum absolute atomic E-state index is 11.4. The lowest BCUT2D eigenvalue weighted by molar-refractivity contribution is -0.123. The van der Waals surface area contributed by atoms with Gasteiger partial charge >= 0.3 is 0 Å². The van der Waals surface area contributed by atoms with Crippen LogP contribution in [0.5, 0.6) is 0 Å². The van der Waals surface area contributed by atoms with Gasteiger partial charge in [-0.2, -0.15) is 0 Å². The van der Waals surface area contributed by atoms with E-state index in [0.717, 1.165) is 0 Å². The van der Waals surface area contributed by atoms with E-state index in [4.69, 9.17) is 12.2 Å². The van der Waals surface area contributed by atoms with Gasteiger partial charge in [0.1, 0.15) is 0 Å². The molecule has 0 bridgehead atoms. The van der Waals surface area contributed by atoms with E-state index in [-0.39, 0.29) is 5.57 Å². The van der Waals surface area contributed by atoms with Gasteiger partial charge in [-0.25, -0.2) is 0 Å². The van der Waals surface area contributed by atoms with E-state index in [1.54, 1.807) is 12.3 Å². The number of carbonyl (C=O) groups is 2. The van der Waals surface area contributed by atoms with Gasteiger partial charge in [-0.1, -0.05) is 12.2 Å². The van der Waals surface area contributed by atoms with Crippen molar-refractivity contribution in [3.8, 4) is 0 Å². The zero-order valence-corrected chi connectivity index (χ0v) is 9.11. The molecule has 6 heteroatoms. The number of nitrogens with one attached hydrogen (secondary N) is 2. The molecule has 76 valence electrons. The molecule has 0 aromatic carbocycles. The number of H-pyrrole nitrogens is 1. The highest BCUT2D eigenvalue weighted by molar-refractivity contribution is 7.81. The molecule has 0 spiro atoms. The van der Waals surface area contributed by atoms with Gasteiger partial charge in [0, 0.05) is 17.2 Å². The average molecular weight is 238 g/mol. The minimum atomic E-state index is -0.438. The lowest BCUT2D eigenvalue weighted by Crippen LogP contribution is -2.22. The first kappa shape index (κ1) is 10.1. The van der Waals surface area contributed by atoms with Gasteiger partial charge in [0.25, 0.3) is 11.8 Å². The first-order valence-corrected chi connectivity index (χ1v) is 4.93. The summed E-state index contributed by atoms with van der Waals surface area (Å²) < 4.78 is 0.528. The molecule has 0 unspecified atom stereocenters. The number of hydrogen-bond acceptors (Lipinski definition) is 4. The first-order valence-electron chi connectivity index (χ1n) is 4.07. The van der Waals surface area contributed by atoms with E-state index in [1.165, 1.54) is 6.08 Å². The molecule has 1 aliphatic heterocycles. The molecule has 0 fully saturated rings. The SMILES string of the molecule is O=C1C=C(c2[nH]ccc(=S)c2S)C(=O)N1. The molecule has 15 heavy (non-hydrogen) atoms. The molecule has 2 amide bonds. The molecule has 0 atom stereocenters. The predicted octanol–water partition coefficient (Wildman–Crippen LogP) is 1.07. The number of thiol groups is 1. The predicted molar refractivity (Wildman–Crippen MR) is 60.0 cm³/mol. The van der Waals surface area contributed by atoms with Crippen LogP contribution in [0.2, 0.25) is 0 Å². The molecular formula is C9H6N2O2S2. The maximum Gasteiger partial charge on any atom is 0.260 e. The lowest BCUT2D eigenvalue weighted by atomic mass is 10.2. The summed E-state index contributed by atoms with van der Waals surface area (Å²) in [6.45, 7) is 0. The molecule has 0 saturated carbocycles. The quantitative estimate of drug-likeness (QED) is 0.389. The van der Waals surface area contributed by atoms with Crippen LogP contribution in [0.15, 0.2) is 23.2 Å². The Bertz CT molecular complexity index is 545. The number of aromatic nitrogens is 1. The maximum atomic E-state index is 11.4. The topological polar surface area (TPSA) is 62.0 Å². The lowest BCUT2D eigenvalue weighted by Gasteiger charge is -2.03. The molecule has 4 nitrogen and oxygen atoms in total. The molecule has 0 radical (unpaired) electrons. The molecule has 1 aromatic rings. The van der Waals surface area contributed by atoms with Crippen LogP contribution in [0.4, 0.5) is 0 Å². The third kappa shape index (κ3) is 1.73. The minimum Gasteiger partial charge on any atom is -0.360 e. The molecule has 1 aliphatic rings. The van der Waals surface area contributed by atoms with Crippen LogP contribution in [0.25, 0.3) is 5.57 Å². The first-order chi connectivity index (χ1) is 7.09. The van der Waals surface area contributed by atoms with Crippen molar-refractivity contribution in [2.75, 3.05) is 0 Å². The standard InChI is InChI=1S/C9H6N2O2S2/c12-6-3-4(9(13)11-6)7-8(15)5(14)1-2-10-7/h1-3,15H,(H,10,14)(H,11,12,13). The zero-order valence-electron chi connectivity index (χ0n) is 7.40. The monoisotopic (exact) mass is 238 g/mol. The summed E-state index contributed by atoms with van der Waals surface area (Å²) in [5.74, 6) is -0.863. The fourth-order valence-corrected chi connectivity index (χ4v) is 1.70. The molecule has 2 rings (SSSR count). The van der Waals surface area contributed by atoms with Gasteiger partial charge in [-0.3, -0.25) is 14.9 Å². The number of aromatic amines is 1. The normalized spacial score (nSPS) is 15.1. The van der Waals surface area contributed by atoms with E-state index >= 15 is 0 Å². The van der Waals surface area contributed by atoms with Crippen molar-refractivity contribution in [2.24, 2.45) is 0 Å². The number of rotatable bonds is 1. The summed E-state index contributed by atoms with van der Waals surface area (Å²) in [5.41, 5.74) is 0.728. The average Bonchev–Trinajstić information content (AvgIpc) is 2.50.